The van der Waals surface area contributed by atoms with Gasteiger partial charge in [-0.15, -0.1) is 0 Å². The van der Waals surface area contributed by atoms with Gasteiger partial charge in [-0.05, 0) is 61.1 Å². The van der Waals surface area contributed by atoms with E-state index in [4.69, 9.17) is 16.6 Å². The highest BCUT2D eigenvalue weighted by atomic mass is 35.5. The maximum absolute atomic E-state index is 13.8. The highest BCUT2D eigenvalue weighted by Crippen LogP contribution is 2.30. The largest absolute Gasteiger partial charge is 0.332 e. The van der Waals surface area contributed by atoms with Crippen molar-refractivity contribution >= 4 is 28.4 Å². The third kappa shape index (κ3) is 5.47. The summed E-state index contributed by atoms with van der Waals surface area (Å²) in [4.78, 5) is 34.1. The molecule has 3 rings (SSSR count). The summed E-state index contributed by atoms with van der Waals surface area (Å²) in [6.07, 6.45) is 1.90. The van der Waals surface area contributed by atoms with Crippen LogP contribution in [-0.2, 0) is 4.79 Å². The number of rotatable bonds is 7. The lowest BCUT2D eigenvalue weighted by molar-refractivity contribution is -0.136. The lowest BCUT2D eigenvalue weighted by Crippen LogP contribution is -2.40. The van der Waals surface area contributed by atoms with Crippen LogP contribution in [0.25, 0.3) is 16.6 Å². The van der Waals surface area contributed by atoms with Crippen LogP contribution >= 0.6 is 11.6 Å². The molecular weight excluding hydrogens is 434 g/mol. The lowest BCUT2D eigenvalue weighted by atomic mass is 9.91. The Morgan fingerprint density at radius 3 is 2.45 bits per heavy atom. The highest BCUT2D eigenvalue weighted by Gasteiger charge is 2.30. The second kappa shape index (κ2) is 10.1. The van der Waals surface area contributed by atoms with Gasteiger partial charge in [0.1, 0.15) is 5.82 Å². The van der Waals surface area contributed by atoms with E-state index in [0.717, 1.165) is 17.7 Å². The summed E-state index contributed by atoms with van der Waals surface area (Å²) in [6, 6.07) is 12.5. The first kappa shape index (κ1) is 25.0. The van der Waals surface area contributed by atoms with Gasteiger partial charge in [-0.3, -0.25) is 14.2 Å². The molecule has 5 nitrogen and oxygen atoms in total. The van der Waals surface area contributed by atoms with Gasteiger partial charge in [0.2, 0.25) is 5.91 Å². The van der Waals surface area contributed by atoms with Crippen LogP contribution in [0.3, 0.4) is 0 Å². The SMILES string of the molecule is CCCN(C(=O)CC(C)(C)C)C(CC)c1nc2ccccc2c(=O)n1-c1ccc(Cl)cc1C. The van der Waals surface area contributed by atoms with Crippen molar-refractivity contribution in [3.05, 3.63) is 69.2 Å². The number of benzene rings is 2. The van der Waals surface area contributed by atoms with Crippen LogP contribution in [0, 0.1) is 12.3 Å². The number of halogens is 1. The van der Waals surface area contributed by atoms with Crippen LogP contribution in [-0.4, -0.2) is 26.9 Å². The van der Waals surface area contributed by atoms with Gasteiger partial charge in [0.05, 0.1) is 22.6 Å². The monoisotopic (exact) mass is 467 g/mol. The standard InChI is InChI=1S/C27H34ClN3O2/c1-7-15-30(24(32)17-27(4,5)6)22(8-2)25-29-21-12-10-9-11-20(21)26(33)31(25)23-14-13-19(28)16-18(23)3/h9-14,16,22H,7-8,15,17H2,1-6H3. The van der Waals surface area contributed by atoms with Crippen LogP contribution in [0.4, 0.5) is 0 Å². The number of fused-ring (bicyclic) bond motifs is 1. The van der Waals surface area contributed by atoms with Crippen molar-refractivity contribution in [1.29, 1.82) is 0 Å². The molecule has 0 saturated heterocycles. The molecule has 1 unspecified atom stereocenters. The quantitative estimate of drug-likeness (QED) is 0.400. The minimum atomic E-state index is -0.327. The number of carbonyl (C=O) groups is 1. The van der Waals surface area contributed by atoms with E-state index in [1.54, 1.807) is 16.7 Å². The molecule has 33 heavy (non-hydrogen) atoms. The molecule has 0 radical (unpaired) electrons. The number of aromatic nitrogens is 2. The highest BCUT2D eigenvalue weighted by molar-refractivity contribution is 6.30. The van der Waals surface area contributed by atoms with E-state index in [1.165, 1.54) is 0 Å². The average Bonchev–Trinajstić information content (AvgIpc) is 2.73. The van der Waals surface area contributed by atoms with E-state index < -0.39 is 0 Å². The summed E-state index contributed by atoms with van der Waals surface area (Å²) in [5, 5.41) is 1.16. The molecule has 1 heterocycles. The summed E-state index contributed by atoms with van der Waals surface area (Å²) < 4.78 is 1.68. The first-order valence-electron chi connectivity index (χ1n) is 11.6. The molecule has 6 heteroatoms. The number of amides is 1. The number of nitrogens with zero attached hydrogens (tertiary/aromatic N) is 3. The van der Waals surface area contributed by atoms with Crippen molar-refractivity contribution in [2.45, 2.75) is 66.8 Å². The Kier molecular flexibility index (Phi) is 7.63. The third-order valence-electron chi connectivity index (χ3n) is 5.73. The van der Waals surface area contributed by atoms with Gasteiger partial charge in [0.15, 0.2) is 0 Å². The molecule has 0 aliphatic rings. The Labute approximate surface area is 201 Å². The first-order valence-corrected chi connectivity index (χ1v) is 12.0. The molecule has 176 valence electrons. The van der Waals surface area contributed by atoms with Crippen LogP contribution in [0.5, 0.6) is 0 Å². The molecule has 2 aromatic carbocycles. The maximum Gasteiger partial charge on any atom is 0.266 e. The van der Waals surface area contributed by atoms with Gasteiger partial charge in [-0.1, -0.05) is 58.4 Å². The molecule has 0 saturated carbocycles. The summed E-state index contributed by atoms with van der Waals surface area (Å²) >= 11 is 6.21. The van der Waals surface area contributed by atoms with Crippen molar-refractivity contribution in [3.63, 3.8) is 0 Å². The Balaban J connectivity index is 2.30. The average molecular weight is 468 g/mol. The van der Waals surface area contributed by atoms with Gasteiger partial charge < -0.3 is 4.90 Å². The number of para-hydroxylation sites is 1. The van der Waals surface area contributed by atoms with E-state index in [-0.39, 0.29) is 22.9 Å². The third-order valence-corrected chi connectivity index (χ3v) is 5.96. The molecule has 1 atom stereocenters. The lowest BCUT2D eigenvalue weighted by Gasteiger charge is -2.34. The molecular formula is C27H34ClN3O2. The smallest absolute Gasteiger partial charge is 0.266 e. The van der Waals surface area contributed by atoms with Gasteiger partial charge in [0.25, 0.3) is 5.56 Å². The number of hydrogen-bond acceptors (Lipinski definition) is 3. The molecule has 0 fully saturated rings. The van der Waals surface area contributed by atoms with E-state index >= 15 is 0 Å². The summed E-state index contributed by atoms with van der Waals surface area (Å²) in [6.45, 7) is 12.8. The molecule has 1 amide bonds. The second-order valence-electron chi connectivity index (χ2n) is 9.81. The minimum absolute atomic E-state index is 0.0815. The summed E-state index contributed by atoms with van der Waals surface area (Å²) in [5.41, 5.74) is 1.97. The minimum Gasteiger partial charge on any atom is -0.332 e. The molecule has 0 aliphatic heterocycles. The van der Waals surface area contributed by atoms with Gasteiger partial charge in [-0.2, -0.15) is 0 Å². The predicted molar refractivity (Wildman–Crippen MR) is 136 cm³/mol. The molecule has 0 spiro atoms. The van der Waals surface area contributed by atoms with Crippen LogP contribution in [0.15, 0.2) is 47.3 Å². The summed E-state index contributed by atoms with van der Waals surface area (Å²) in [5.74, 6) is 0.667. The van der Waals surface area contributed by atoms with Crippen LogP contribution in [0.1, 0.15) is 71.3 Å². The van der Waals surface area contributed by atoms with E-state index in [1.807, 2.05) is 49.1 Å². The van der Waals surface area contributed by atoms with Crippen molar-refractivity contribution in [2.24, 2.45) is 5.41 Å². The van der Waals surface area contributed by atoms with E-state index in [2.05, 4.69) is 27.7 Å². The summed E-state index contributed by atoms with van der Waals surface area (Å²) in [7, 11) is 0. The maximum atomic E-state index is 13.8. The Morgan fingerprint density at radius 2 is 1.85 bits per heavy atom. The molecule has 0 N–H and O–H groups in total. The molecule has 1 aromatic heterocycles. The number of hydrogen-bond donors (Lipinski definition) is 0. The Hall–Kier alpha value is -2.66. The van der Waals surface area contributed by atoms with Crippen molar-refractivity contribution in [3.8, 4) is 5.69 Å². The number of aryl methyl sites for hydroxylation is 1. The topological polar surface area (TPSA) is 55.2 Å². The molecule has 3 aromatic rings. The fourth-order valence-corrected chi connectivity index (χ4v) is 4.50. The zero-order chi connectivity index (χ0) is 24.3. The zero-order valence-corrected chi connectivity index (χ0v) is 21.2. The van der Waals surface area contributed by atoms with Crippen molar-refractivity contribution in [1.82, 2.24) is 14.5 Å². The van der Waals surface area contributed by atoms with Gasteiger partial charge in [-0.25, -0.2) is 4.98 Å². The fraction of sp³-hybridized carbons (Fsp3) is 0.444. The van der Waals surface area contributed by atoms with E-state index in [0.29, 0.717) is 41.1 Å². The van der Waals surface area contributed by atoms with Gasteiger partial charge in [0, 0.05) is 18.0 Å². The Bertz CT molecular complexity index is 1210. The second-order valence-corrected chi connectivity index (χ2v) is 10.2. The van der Waals surface area contributed by atoms with E-state index in [9.17, 15) is 9.59 Å². The Morgan fingerprint density at radius 1 is 1.15 bits per heavy atom. The first-order chi connectivity index (χ1) is 15.6. The zero-order valence-electron chi connectivity index (χ0n) is 20.5. The van der Waals surface area contributed by atoms with Crippen molar-refractivity contribution < 1.29 is 4.79 Å². The van der Waals surface area contributed by atoms with Crippen LogP contribution in [0.2, 0.25) is 5.02 Å². The normalized spacial score (nSPS) is 12.7. The predicted octanol–water partition coefficient (Wildman–Crippen LogP) is 6.47. The van der Waals surface area contributed by atoms with Gasteiger partial charge >= 0.3 is 0 Å². The van der Waals surface area contributed by atoms with Crippen molar-refractivity contribution in [2.75, 3.05) is 6.54 Å². The fourth-order valence-electron chi connectivity index (χ4n) is 4.27. The molecule has 0 bridgehead atoms. The van der Waals surface area contributed by atoms with Crippen LogP contribution < -0.4 is 5.56 Å². The molecule has 0 aliphatic carbocycles. The number of carbonyl (C=O) groups excluding carboxylic acids is 1.